The van der Waals surface area contributed by atoms with Gasteiger partial charge in [0.25, 0.3) is 0 Å². The van der Waals surface area contributed by atoms with E-state index < -0.39 is 23.8 Å². The van der Waals surface area contributed by atoms with E-state index in [1.54, 1.807) is 0 Å². The zero-order valence-electron chi connectivity index (χ0n) is 14.0. The summed E-state index contributed by atoms with van der Waals surface area (Å²) in [5.41, 5.74) is 1.87. The number of nitrogens with zero attached hydrogens (tertiary/aromatic N) is 1. The highest BCUT2D eigenvalue weighted by atomic mass is 16.5. The first-order chi connectivity index (χ1) is 12.1. The lowest BCUT2D eigenvalue weighted by molar-refractivity contribution is -0.145. The Morgan fingerprint density at radius 3 is 2.24 bits per heavy atom. The van der Waals surface area contributed by atoms with Crippen molar-refractivity contribution in [1.82, 2.24) is 4.90 Å². The normalized spacial score (nSPS) is 23.3. The highest BCUT2D eigenvalue weighted by molar-refractivity contribution is 5.81. The van der Waals surface area contributed by atoms with Crippen molar-refractivity contribution in [3.63, 3.8) is 0 Å². The Morgan fingerprint density at radius 2 is 1.68 bits per heavy atom. The van der Waals surface area contributed by atoms with Crippen LogP contribution in [-0.4, -0.2) is 41.6 Å². The molecule has 1 saturated heterocycles. The van der Waals surface area contributed by atoms with Crippen LogP contribution < -0.4 is 0 Å². The van der Waals surface area contributed by atoms with E-state index in [2.05, 4.69) is 0 Å². The van der Waals surface area contributed by atoms with Gasteiger partial charge in [0.1, 0.15) is 6.04 Å². The third-order valence-electron chi connectivity index (χ3n) is 4.77. The number of methoxy groups -OCH3 is 1. The summed E-state index contributed by atoms with van der Waals surface area (Å²) in [7, 11) is 1.35. The molecule has 3 rings (SSSR count). The molecular weight excluding hydrogens is 318 g/mol. The van der Waals surface area contributed by atoms with Crippen LogP contribution in [0.4, 0.5) is 0 Å². The van der Waals surface area contributed by atoms with Gasteiger partial charge in [0, 0.05) is 19.0 Å². The number of carbonyl (C=O) groups is 2. The number of hydrogen-bond donors (Lipinski definition) is 1. The maximum absolute atomic E-state index is 12.3. The lowest BCUT2D eigenvalue weighted by Gasteiger charge is -2.25. The monoisotopic (exact) mass is 339 g/mol. The van der Waals surface area contributed by atoms with Crippen LogP contribution in [0.3, 0.4) is 0 Å². The molecule has 2 aromatic carbocycles. The first-order valence-corrected chi connectivity index (χ1v) is 8.25. The summed E-state index contributed by atoms with van der Waals surface area (Å²) in [6.07, 6.45) is 0. The Hall–Kier alpha value is -2.66. The van der Waals surface area contributed by atoms with Gasteiger partial charge in [-0.2, -0.15) is 0 Å². The quantitative estimate of drug-likeness (QED) is 0.848. The zero-order valence-corrected chi connectivity index (χ0v) is 14.0. The van der Waals surface area contributed by atoms with Gasteiger partial charge in [0.15, 0.2) is 0 Å². The molecule has 3 unspecified atom stereocenters. The summed E-state index contributed by atoms with van der Waals surface area (Å²) in [6.45, 7) is 0.840. The molecule has 0 aliphatic carbocycles. The first kappa shape index (κ1) is 17.2. The molecule has 0 amide bonds. The molecule has 130 valence electrons. The number of carbonyl (C=O) groups excluding carboxylic acids is 1. The largest absolute Gasteiger partial charge is 0.480 e. The highest BCUT2D eigenvalue weighted by Crippen LogP contribution is 2.39. The average Bonchev–Trinajstić information content (AvgIpc) is 3.02. The average molecular weight is 339 g/mol. The second kappa shape index (κ2) is 7.49. The number of aliphatic carboxylic acids is 1. The maximum Gasteiger partial charge on any atom is 0.321 e. The van der Waals surface area contributed by atoms with Gasteiger partial charge in [-0.25, -0.2) is 0 Å². The van der Waals surface area contributed by atoms with Crippen LogP contribution in [0.2, 0.25) is 0 Å². The van der Waals surface area contributed by atoms with E-state index in [-0.39, 0.29) is 5.97 Å². The van der Waals surface area contributed by atoms with Crippen molar-refractivity contribution in [1.29, 1.82) is 0 Å². The SMILES string of the molecule is COC(=O)C1CN(Cc2ccccc2)C(C(=O)O)C1c1ccccc1. The Labute approximate surface area is 146 Å². The first-order valence-electron chi connectivity index (χ1n) is 8.25. The summed E-state index contributed by atoms with van der Waals surface area (Å²) in [5.74, 6) is -2.22. The topological polar surface area (TPSA) is 66.8 Å². The maximum atomic E-state index is 12.3. The fourth-order valence-electron chi connectivity index (χ4n) is 3.68. The molecular formula is C20H21NO4. The van der Waals surface area contributed by atoms with Crippen molar-refractivity contribution in [2.75, 3.05) is 13.7 Å². The zero-order chi connectivity index (χ0) is 17.8. The van der Waals surface area contributed by atoms with Crippen LogP contribution in [0, 0.1) is 5.92 Å². The number of ether oxygens (including phenoxy) is 1. The van der Waals surface area contributed by atoms with Gasteiger partial charge in [0.2, 0.25) is 0 Å². The van der Waals surface area contributed by atoms with Gasteiger partial charge in [-0.15, -0.1) is 0 Å². The van der Waals surface area contributed by atoms with Crippen molar-refractivity contribution >= 4 is 11.9 Å². The number of rotatable bonds is 5. The second-order valence-corrected chi connectivity index (χ2v) is 6.26. The number of hydrogen-bond acceptors (Lipinski definition) is 4. The summed E-state index contributed by atoms with van der Waals surface area (Å²) < 4.78 is 4.95. The third kappa shape index (κ3) is 3.56. The van der Waals surface area contributed by atoms with E-state index in [4.69, 9.17) is 4.74 Å². The Morgan fingerprint density at radius 1 is 1.08 bits per heavy atom. The molecule has 2 aromatic rings. The molecule has 3 atom stereocenters. The van der Waals surface area contributed by atoms with Gasteiger partial charge in [-0.05, 0) is 11.1 Å². The predicted molar refractivity (Wildman–Crippen MR) is 93.0 cm³/mol. The molecule has 0 aromatic heterocycles. The number of esters is 1. The Kier molecular flexibility index (Phi) is 5.14. The lowest BCUT2D eigenvalue weighted by Crippen LogP contribution is -2.38. The summed E-state index contributed by atoms with van der Waals surface area (Å²) in [4.78, 5) is 26.2. The van der Waals surface area contributed by atoms with Gasteiger partial charge in [-0.3, -0.25) is 14.5 Å². The molecule has 0 radical (unpaired) electrons. The van der Waals surface area contributed by atoms with Gasteiger partial charge in [0.05, 0.1) is 13.0 Å². The van der Waals surface area contributed by atoms with Crippen molar-refractivity contribution < 1.29 is 19.4 Å². The fourth-order valence-corrected chi connectivity index (χ4v) is 3.68. The minimum Gasteiger partial charge on any atom is -0.480 e. The summed E-state index contributed by atoms with van der Waals surface area (Å²) in [6, 6.07) is 18.3. The number of benzene rings is 2. The van der Waals surface area contributed by atoms with Gasteiger partial charge >= 0.3 is 11.9 Å². The van der Waals surface area contributed by atoms with E-state index in [1.165, 1.54) is 7.11 Å². The van der Waals surface area contributed by atoms with E-state index in [9.17, 15) is 14.7 Å². The van der Waals surface area contributed by atoms with Crippen LogP contribution in [0.5, 0.6) is 0 Å². The molecule has 0 saturated carbocycles. The number of carboxylic acid groups (broad SMARTS) is 1. The molecule has 5 heteroatoms. The molecule has 1 aliphatic heterocycles. The van der Waals surface area contributed by atoms with Crippen LogP contribution in [-0.2, 0) is 20.9 Å². The fraction of sp³-hybridized carbons (Fsp3) is 0.300. The van der Waals surface area contributed by atoms with Crippen LogP contribution in [0.15, 0.2) is 60.7 Å². The van der Waals surface area contributed by atoms with E-state index >= 15 is 0 Å². The molecule has 1 fully saturated rings. The minimum absolute atomic E-state index is 0.359. The molecule has 5 nitrogen and oxygen atoms in total. The van der Waals surface area contributed by atoms with Crippen LogP contribution >= 0.6 is 0 Å². The third-order valence-corrected chi connectivity index (χ3v) is 4.77. The molecule has 0 bridgehead atoms. The lowest BCUT2D eigenvalue weighted by atomic mass is 9.84. The summed E-state index contributed by atoms with van der Waals surface area (Å²) >= 11 is 0. The molecule has 25 heavy (non-hydrogen) atoms. The number of carboxylic acids is 1. The molecule has 1 N–H and O–H groups in total. The van der Waals surface area contributed by atoms with Crippen molar-refractivity contribution in [3.8, 4) is 0 Å². The molecule has 1 aliphatic rings. The Bertz CT molecular complexity index is 732. The smallest absolute Gasteiger partial charge is 0.321 e. The molecule has 0 spiro atoms. The second-order valence-electron chi connectivity index (χ2n) is 6.26. The molecule has 1 heterocycles. The van der Waals surface area contributed by atoms with Crippen molar-refractivity contribution in [2.24, 2.45) is 5.92 Å². The predicted octanol–water partition coefficient (Wildman–Crippen LogP) is 2.53. The van der Waals surface area contributed by atoms with Crippen molar-refractivity contribution in [2.45, 2.75) is 18.5 Å². The van der Waals surface area contributed by atoms with Gasteiger partial charge < -0.3 is 9.84 Å². The van der Waals surface area contributed by atoms with E-state index in [0.717, 1.165) is 11.1 Å². The number of likely N-dealkylation sites (tertiary alicyclic amines) is 1. The van der Waals surface area contributed by atoms with Crippen LogP contribution in [0.1, 0.15) is 17.0 Å². The van der Waals surface area contributed by atoms with E-state index in [1.807, 2.05) is 65.6 Å². The highest BCUT2D eigenvalue weighted by Gasteiger charge is 2.49. The van der Waals surface area contributed by atoms with Gasteiger partial charge in [-0.1, -0.05) is 60.7 Å². The van der Waals surface area contributed by atoms with Crippen LogP contribution in [0.25, 0.3) is 0 Å². The van der Waals surface area contributed by atoms with E-state index in [0.29, 0.717) is 13.1 Å². The Balaban J connectivity index is 1.97. The summed E-state index contributed by atoms with van der Waals surface area (Å²) in [5, 5.41) is 9.87. The minimum atomic E-state index is -0.920. The van der Waals surface area contributed by atoms with Crippen molar-refractivity contribution in [3.05, 3.63) is 71.8 Å². The standard InChI is InChI=1S/C20H21NO4/c1-25-20(24)16-13-21(12-14-8-4-2-5-9-14)18(19(22)23)17(16)15-10-6-3-7-11-15/h2-11,16-18H,12-13H2,1H3,(H,22,23).